The van der Waals surface area contributed by atoms with Crippen molar-refractivity contribution >= 4 is 15.9 Å². The van der Waals surface area contributed by atoms with Gasteiger partial charge in [-0.25, -0.2) is 4.98 Å². The highest BCUT2D eigenvalue weighted by atomic mass is 79.9. The van der Waals surface area contributed by atoms with E-state index in [-0.39, 0.29) is 0 Å². The molecule has 2 atom stereocenters. The van der Waals surface area contributed by atoms with Gasteiger partial charge in [-0.05, 0) is 44.2 Å². The SMILES string of the molecule is CC1(C)Oc2ncc(-c3nc(-c4ccc(Br)cc4)no3)cc2[C@@H](N)C1O. The van der Waals surface area contributed by atoms with E-state index in [0.29, 0.717) is 28.7 Å². The molecule has 3 aromatic rings. The number of nitrogens with two attached hydrogens (primary N) is 1. The summed E-state index contributed by atoms with van der Waals surface area (Å²) in [4.78, 5) is 8.75. The molecule has 1 unspecified atom stereocenters. The minimum Gasteiger partial charge on any atom is -0.469 e. The second-order valence-electron chi connectivity index (χ2n) is 6.72. The van der Waals surface area contributed by atoms with Gasteiger partial charge in [-0.2, -0.15) is 4.98 Å². The maximum atomic E-state index is 10.4. The van der Waals surface area contributed by atoms with Crippen molar-refractivity contribution in [1.29, 1.82) is 0 Å². The maximum Gasteiger partial charge on any atom is 0.259 e. The van der Waals surface area contributed by atoms with E-state index >= 15 is 0 Å². The molecule has 0 radical (unpaired) electrons. The minimum atomic E-state index is -0.854. The van der Waals surface area contributed by atoms with E-state index in [0.717, 1.165) is 10.0 Å². The molecule has 26 heavy (non-hydrogen) atoms. The van der Waals surface area contributed by atoms with Crippen LogP contribution in [-0.2, 0) is 0 Å². The minimum absolute atomic E-state index is 0.324. The molecule has 0 saturated heterocycles. The van der Waals surface area contributed by atoms with Crippen molar-refractivity contribution in [2.24, 2.45) is 5.73 Å². The van der Waals surface area contributed by atoms with Gasteiger partial charge in [0.05, 0.1) is 11.6 Å². The number of aliphatic hydroxyl groups excluding tert-OH is 1. The van der Waals surface area contributed by atoms with Gasteiger partial charge in [0.15, 0.2) is 0 Å². The number of aliphatic hydroxyl groups is 1. The van der Waals surface area contributed by atoms with E-state index in [2.05, 4.69) is 31.1 Å². The van der Waals surface area contributed by atoms with Gasteiger partial charge in [-0.15, -0.1) is 0 Å². The lowest BCUT2D eigenvalue weighted by Crippen LogP contribution is -2.51. The highest BCUT2D eigenvalue weighted by Crippen LogP contribution is 2.38. The lowest BCUT2D eigenvalue weighted by Gasteiger charge is -2.39. The highest BCUT2D eigenvalue weighted by molar-refractivity contribution is 9.10. The number of benzene rings is 1. The average Bonchev–Trinajstić information content (AvgIpc) is 3.10. The van der Waals surface area contributed by atoms with Gasteiger partial charge in [0.25, 0.3) is 5.89 Å². The number of aromatic nitrogens is 3. The molecule has 1 aliphatic rings. The number of hydrogen-bond acceptors (Lipinski definition) is 7. The molecule has 134 valence electrons. The molecule has 0 amide bonds. The lowest BCUT2D eigenvalue weighted by molar-refractivity contribution is -0.0601. The molecule has 7 nitrogen and oxygen atoms in total. The van der Waals surface area contributed by atoms with E-state index in [1.165, 1.54) is 0 Å². The monoisotopic (exact) mass is 416 g/mol. The Morgan fingerprint density at radius 3 is 2.65 bits per heavy atom. The summed E-state index contributed by atoms with van der Waals surface area (Å²) in [7, 11) is 0. The van der Waals surface area contributed by atoms with E-state index in [1.54, 1.807) is 26.1 Å². The number of ether oxygens (including phenoxy) is 1. The molecule has 4 rings (SSSR count). The molecule has 1 aromatic carbocycles. The van der Waals surface area contributed by atoms with Crippen molar-refractivity contribution in [3.8, 4) is 28.7 Å². The van der Waals surface area contributed by atoms with Crippen molar-refractivity contribution in [3.05, 3.63) is 46.6 Å². The third-order valence-electron chi connectivity index (χ3n) is 4.43. The second kappa shape index (κ2) is 6.15. The Balaban J connectivity index is 1.69. The summed E-state index contributed by atoms with van der Waals surface area (Å²) in [6.07, 6.45) is 0.742. The first-order valence-electron chi connectivity index (χ1n) is 8.08. The van der Waals surface area contributed by atoms with Gasteiger partial charge in [0.1, 0.15) is 11.7 Å². The molecular weight excluding hydrogens is 400 g/mol. The van der Waals surface area contributed by atoms with Crippen LogP contribution in [0.1, 0.15) is 25.5 Å². The fourth-order valence-electron chi connectivity index (χ4n) is 2.88. The van der Waals surface area contributed by atoms with Gasteiger partial charge < -0.3 is 20.1 Å². The first kappa shape index (κ1) is 17.1. The number of fused-ring (bicyclic) bond motifs is 1. The largest absolute Gasteiger partial charge is 0.469 e. The quantitative estimate of drug-likeness (QED) is 0.660. The molecule has 1 aliphatic heterocycles. The van der Waals surface area contributed by atoms with Crippen LogP contribution in [0.15, 0.2) is 45.5 Å². The Morgan fingerprint density at radius 1 is 1.19 bits per heavy atom. The fourth-order valence-corrected chi connectivity index (χ4v) is 3.14. The van der Waals surface area contributed by atoms with E-state index in [9.17, 15) is 5.11 Å². The first-order valence-corrected chi connectivity index (χ1v) is 8.87. The van der Waals surface area contributed by atoms with Gasteiger partial charge in [0.2, 0.25) is 11.7 Å². The Hall–Kier alpha value is -2.29. The van der Waals surface area contributed by atoms with Crippen molar-refractivity contribution in [2.75, 3.05) is 0 Å². The van der Waals surface area contributed by atoms with Gasteiger partial charge in [-0.1, -0.05) is 21.1 Å². The zero-order valence-electron chi connectivity index (χ0n) is 14.2. The second-order valence-corrected chi connectivity index (χ2v) is 7.64. The zero-order chi connectivity index (χ0) is 18.5. The lowest BCUT2D eigenvalue weighted by atomic mass is 9.88. The van der Waals surface area contributed by atoms with Crippen LogP contribution >= 0.6 is 15.9 Å². The Kier molecular flexibility index (Phi) is 4.06. The molecule has 8 heteroatoms. The number of nitrogens with zero attached hydrogens (tertiary/aromatic N) is 3. The molecule has 3 heterocycles. The Labute approximate surface area is 158 Å². The van der Waals surface area contributed by atoms with Crippen molar-refractivity contribution < 1.29 is 14.4 Å². The molecule has 3 N–H and O–H groups in total. The van der Waals surface area contributed by atoms with E-state index in [4.69, 9.17) is 15.0 Å². The normalized spacial score (nSPS) is 21.1. The van der Waals surface area contributed by atoms with Gasteiger partial charge in [-0.3, -0.25) is 0 Å². The predicted octanol–water partition coefficient (Wildman–Crippen LogP) is 3.09. The summed E-state index contributed by atoms with van der Waals surface area (Å²) in [5, 5.41) is 14.4. The van der Waals surface area contributed by atoms with E-state index in [1.807, 2.05) is 24.3 Å². The van der Waals surface area contributed by atoms with Crippen LogP contribution in [0.5, 0.6) is 5.88 Å². The Morgan fingerprint density at radius 2 is 1.92 bits per heavy atom. The third kappa shape index (κ3) is 2.90. The van der Waals surface area contributed by atoms with E-state index < -0.39 is 17.7 Å². The summed E-state index contributed by atoms with van der Waals surface area (Å²) < 4.78 is 12.1. The summed E-state index contributed by atoms with van der Waals surface area (Å²) in [5.74, 6) is 1.21. The Bertz CT molecular complexity index is 955. The topological polar surface area (TPSA) is 107 Å². The fraction of sp³-hybridized carbons (Fsp3) is 0.278. The maximum absolute atomic E-state index is 10.4. The average molecular weight is 417 g/mol. The molecule has 0 aliphatic carbocycles. The predicted molar refractivity (Wildman–Crippen MR) is 98.3 cm³/mol. The van der Waals surface area contributed by atoms with Gasteiger partial charge in [0, 0.05) is 21.8 Å². The number of rotatable bonds is 2. The van der Waals surface area contributed by atoms with Crippen molar-refractivity contribution in [3.63, 3.8) is 0 Å². The molecule has 2 aromatic heterocycles. The standard InChI is InChI=1S/C18H17BrN4O3/c1-18(2)14(24)13(20)12-7-10(8-21-17(12)25-18)16-22-15(23-26-16)9-3-5-11(19)6-4-9/h3-8,13-14,24H,20H2,1-2H3/t13-,14?/m1/s1. The van der Waals surface area contributed by atoms with Crippen LogP contribution in [0, 0.1) is 0 Å². The molecule has 0 spiro atoms. The van der Waals surface area contributed by atoms with Crippen LogP contribution in [-0.4, -0.2) is 31.9 Å². The molecule has 0 bridgehead atoms. The summed E-state index contributed by atoms with van der Waals surface area (Å²) in [6.45, 7) is 3.55. The molecule has 0 saturated carbocycles. The number of hydrogen-bond donors (Lipinski definition) is 2. The van der Waals surface area contributed by atoms with Crippen molar-refractivity contribution in [1.82, 2.24) is 15.1 Å². The summed E-state index contributed by atoms with van der Waals surface area (Å²) >= 11 is 3.40. The van der Waals surface area contributed by atoms with Crippen LogP contribution in [0.3, 0.4) is 0 Å². The number of pyridine rings is 1. The van der Waals surface area contributed by atoms with Crippen LogP contribution < -0.4 is 10.5 Å². The number of halogens is 1. The zero-order valence-corrected chi connectivity index (χ0v) is 15.8. The van der Waals surface area contributed by atoms with Gasteiger partial charge >= 0.3 is 0 Å². The first-order chi connectivity index (χ1) is 12.3. The molecule has 0 fully saturated rings. The molecular formula is C18H17BrN4O3. The van der Waals surface area contributed by atoms with Crippen molar-refractivity contribution in [2.45, 2.75) is 31.6 Å². The van der Waals surface area contributed by atoms with Crippen LogP contribution in [0.2, 0.25) is 0 Å². The van der Waals surface area contributed by atoms with Crippen LogP contribution in [0.4, 0.5) is 0 Å². The third-order valence-corrected chi connectivity index (χ3v) is 4.95. The summed E-state index contributed by atoms with van der Waals surface area (Å²) in [5.41, 5.74) is 7.44. The summed E-state index contributed by atoms with van der Waals surface area (Å²) in [6, 6.07) is 8.76. The smallest absolute Gasteiger partial charge is 0.259 e. The highest BCUT2D eigenvalue weighted by Gasteiger charge is 2.42. The van der Waals surface area contributed by atoms with Crippen LogP contribution in [0.25, 0.3) is 22.8 Å².